The molecule has 1 rings (SSSR count). The van der Waals surface area contributed by atoms with Crippen LogP contribution in [0.3, 0.4) is 0 Å². The van der Waals surface area contributed by atoms with Crippen molar-refractivity contribution in [1.82, 2.24) is 4.90 Å². The first-order chi connectivity index (χ1) is 7.42. The van der Waals surface area contributed by atoms with Gasteiger partial charge in [-0.25, -0.2) is 0 Å². The molecule has 0 aromatic heterocycles. The molecule has 1 aliphatic rings. The largest absolute Gasteiger partial charge is 0.387 e. The molecule has 3 N–H and O–H groups in total. The van der Waals surface area contributed by atoms with Crippen LogP contribution in [0.4, 0.5) is 0 Å². The van der Waals surface area contributed by atoms with Gasteiger partial charge >= 0.3 is 0 Å². The number of likely N-dealkylation sites (tertiary alicyclic amines) is 1. The Balaban J connectivity index is 2.22. The van der Waals surface area contributed by atoms with Gasteiger partial charge < -0.3 is 10.6 Å². The zero-order valence-corrected chi connectivity index (χ0v) is 11.1. The Morgan fingerprint density at radius 2 is 2.19 bits per heavy atom. The average molecular weight is 225 g/mol. The molecule has 0 bridgehead atoms. The summed E-state index contributed by atoms with van der Waals surface area (Å²) in [5.41, 5.74) is 5.46. The number of hydrogen-bond acceptors (Lipinski definition) is 2. The van der Waals surface area contributed by atoms with E-state index < -0.39 is 0 Å². The van der Waals surface area contributed by atoms with Crippen molar-refractivity contribution in [2.45, 2.75) is 46.5 Å². The normalized spacial score (nSPS) is 23.3. The fraction of sp³-hybridized carbons (Fsp3) is 0.923. The molecule has 16 heavy (non-hydrogen) atoms. The minimum absolute atomic E-state index is 0.124. The van der Waals surface area contributed by atoms with E-state index in [1.807, 2.05) is 0 Å². The van der Waals surface area contributed by atoms with Crippen molar-refractivity contribution in [3.63, 3.8) is 0 Å². The van der Waals surface area contributed by atoms with E-state index in [9.17, 15) is 0 Å². The highest BCUT2D eigenvalue weighted by molar-refractivity contribution is 5.82. The standard InChI is InChI=1S/C13H27N3/c1-11-6-4-8-16(10-11)9-5-7-13(2,3)12(14)15/h11H,4-10H2,1-3H3,(H3,14,15). The van der Waals surface area contributed by atoms with E-state index >= 15 is 0 Å². The smallest absolute Gasteiger partial charge is 0.0963 e. The molecule has 1 fully saturated rings. The van der Waals surface area contributed by atoms with Crippen LogP contribution in [0.5, 0.6) is 0 Å². The van der Waals surface area contributed by atoms with Gasteiger partial charge in [0.15, 0.2) is 0 Å². The summed E-state index contributed by atoms with van der Waals surface area (Å²) in [6.07, 6.45) is 4.90. The molecule has 3 heteroatoms. The fourth-order valence-corrected chi connectivity index (χ4v) is 2.37. The van der Waals surface area contributed by atoms with Crippen molar-refractivity contribution in [2.24, 2.45) is 17.1 Å². The number of rotatable bonds is 5. The van der Waals surface area contributed by atoms with Crippen LogP contribution in [0.25, 0.3) is 0 Å². The predicted octanol–water partition coefficient (Wildman–Crippen LogP) is 2.46. The molecule has 0 saturated carbocycles. The van der Waals surface area contributed by atoms with Crippen LogP contribution in [0, 0.1) is 16.7 Å². The maximum atomic E-state index is 7.52. The van der Waals surface area contributed by atoms with Crippen LogP contribution in [0.1, 0.15) is 46.5 Å². The fourth-order valence-electron chi connectivity index (χ4n) is 2.37. The van der Waals surface area contributed by atoms with E-state index in [4.69, 9.17) is 11.1 Å². The van der Waals surface area contributed by atoms with Gasteiger partial charge in [-0.1, -0.05) is 20.8 Å². The second kappa shape index (κ2) is 5.67. The molecule has 0 radical (unpaired) electrons. The van der Waals surface area contributed by atoms with E-state index in [1.165, 1.54) is 32.5 Å². The first-order valence-corrected chi connectivity index (χ1v) is 6.48. The zero-order valence-electron chi connectivity index (χ0n) is 11.1. The maximum Gasteiger partial charge on any atom is 0.0963 e. The third kappa shape index (κ3) is 4.12. The summed E-state index contributed by atoms with van der Waals surface area (Å²) in [5.74, 6) is 1.18. The molecule has 0 spiro atoms. The van der Waals surface area contributed by atoms with E-state index in [0.29, 0.717) is 5.84 Å². The third-order valence-corrected chi connectivity index (χ3v) is 3.75. The Kier molecular flexibility index (Phi) is 4.78. The molecule has 0 aromatic carbocycles. The summed E-state index contributed by atoms with van der Waals surface area (Å²) >= 11 is 0. The molecule has 1 aliphatic heterocycles. The van der Waals surface area contributed by atoms with Gasteiger partial charge in [-0.2, -0.15) is 0 Å². The van der Waals surface area contributed by atoms with Crippen molar-refractivity contribution >= 4 is 5.84 Å². The highest BCUT2D eigenvalue weighted by Gasteiger charge is 2.22. The van der Waals surface area contributed by atoms with E-state index in [2.05, 4.69) is 25.7 Å². The average Bonchev–Trinajstić information content (AvgIpc) is 2.17. The van der Waals surface area contributed by atoms with Crippen molar-refractivity contribution in [1.29, 1.82) is 5.41 Å². The quantitative estimate of drug-likeness (QED) is 0.558. The maximum absolute atomic E-state index is 7.52. The Morgan fingerprint density at radius 3 is 2.75 bits per heavy atom. The van der Waals surface area contributed by atoms with Gasteiger partial charge in [0.05, 0.1) is 5.84 Å². The van der Waals surface area contributed by atoms with Gasteiger partial charge in [0.25, 0.3) is 0 Å². The molecule has 1 atom stereocenters. The van der Waals surface area contributed by atoms with Crippen molar-refractivity contribution in [3.05, 3.63) is 0 Å². The van der Waals surface area contributed by atoms with Gasteiger partial charge in [-0.3, -0.25) is 5.41 Å². The Hall–Kier alpha value is -0.570. The van der Waals surface area contributed by atoms with Crippen LogP contribution in [0.15, 0.2) is 0 Å². The summed E-state index contributed by atoms with van der Waals surface area (Å²) in [4.78, 5) is 2.56. The number of nitrogens with one attached hydrogen (secondary N) is 1. The lowest BCUT2D eigenvalue weighted by Crippen LogP contribution is -2.36. The van der Waals surface area contributed by atoms with Gasteiger partial charge in [0.1, 0.15) is 0 Å². The van der Waals surface area contributed by atoms with Gasteiger partial charge in [0, 0.05) is 12.0 Å². The molecule has 94 valence electrons. The first kappa shape index (κ1) is 13.5. The topological polar surface area (TPSA) is 53.1 Å². The molecule has 0 aromatic rings. The SMILES string of the molecule is CC1CCCN(CCCC(C)(C)C(=N)N)C1. The first-order valence-electron chi connectivity index (χ1n) is 6.48. The summed E-state index contributed by atoms with van der Waals surface area (Å²) in [5, 5.41) is 7.52. The van der Waals surface area contributed by atoms with Gasteiger partial charge in [-0.15, -0.1) is 0 Å². The molecule has 1 unspecified atom stereocenters. The molecular weight excluding hydrogens is 198 g/mol. The number of nitrogens with zero attached hydrogens (tertiary/aromatic N) is 1. The van der Waals surface area contributed by atoms with Crippen LogP contribution in [0.2, 0.25) is 0 Å². The molecule has 0 aliphatic carbocycles. The molecule has 3 nitrogen and oxygen atoms in total. The van der Waals surface area contributed by atoms with Crippen LogP contribution in [-0.4, -0.2) is 30.4 Å². The highest BCUT2D eigenvalue weighted by Crippen LogP contribution is 2.23. The van der Waals surface area contributed by atoms with Crippen molar-refractivity contribution < 1.29 is 0 Å². The lowest BCUT2D eigenvalue weighted by molar-refractivity contribution is 0.177. The Labute approximate surface area is 99.9 Å². The monoisotopic (exact) mass is 225 g/mol. The summed E-state index contributed by atoms with van der Waals surface area (Å²) in [6.45, 7) is 10.1. The minimum atomic E-state index is -0.124. The second-order valence-electron chi connectivity index (χ2n) is 5.95. The molecule has 1 heterocycles. The molecule has 1 saturated heterocycles. The summed E-state index contributed by atoms with van der Waals surface area (Å²) < 4.78 is 0. The zero-order chi connectivity index (χ0) is 12.2. The molecular formula is C13H27N3. The van der Waals surface area contributed by atoms with E-state index in [0.717, 1.165) is 18.8 Å². The van der Waals surface area contributed by atoms with E-state index in [1.54, 1.807) is 0 Å². The van der Waals surface area contributed by atoms with Crippen LogP contribution >= 0.6 is 0 Å². The van der Waals surface area contributed by atoms with Gasteiger partial charge in [0.2, 0.25) is 0 Å². The molecule has 0 amide bonds. The highest BCUT2D eigenvalue weighted by atomic mass is 15.1. The van der Waals surface area contributed by atoms with Crippen molar-refractivity contribution in [2.75, 3.05) is 19.6 Å². The predicted molar refractivity (Wildman–Crippen MR) is 69.8 cm³/mol. The number of piperidine rings is 1. The Morgan fingerprint density at radius 1 is 1.50 bits per heavy atom. The van der Waals surface area contributed by atoms with Crippen molar-refractivity contribution in [3.8, 4) is 0 Å². The van der Waals surface area contributed by atoms with Crippen LogP contribution in [-0.2, 0) is 0 Å². The third-order valence-electron chi connectivity index (χ3n) is 3.75. The summed E-state index contributed by atoms with van der Waals surface area (Å²) in [7, 11) is 0. The number of amidine groups is 1. The minimum Gasteiger partial charge on any atom is -0.387 e. The number of nitrogens with two attached hydrogens (primary N) is 1. The summed E-state index contributed by atoms with van der Waals surface area (Å²) in [6, 6.07) is 0. The van der Waals surface area contributed by atoms with E-state index in [-0.39, 0.29) is 5.41 Å². The second-order valence-corrected chi connectivity index (χ2v) is 5.95. The lowest BCUT2D eigenvalue weighted by Gasteiger charge is -2.32. The van der Waals surface area contributed by atoms with Gasteiger partial charge in [-0.05, 0) is 44.7 Å². The van der Waals surface area contributed by atoms with Crippen LogP contribution < -0.4 is 5.73 Å². The number of hydrogen-bond donors (Lipinski definition) is 2. The Bertz CT molecular complexity index is 235. The lowest BCUT2D eigenvalue weighted by atomic mass is 9.86.